The van der Waals surface area contributed by atoms with E-state index in [1.165, 1.54) is 0 Å². The summed E-state index contributed by atoms with van der Waals surface area (Å²) in [5.74, 6) is 0. The zero-order valence-electron chi connectivity index (χ0n) is 6.12. The molecule has 4 heteroatoms. The van der Waals surface area contributed by atoms with Crippen molar-refractivity contribution in [2.75, 3.05) is 0 Å². The van der Waals surface area contributed by atoms with Gasteiger partial charge in [0, 0.05) is 5.56 Å². The van der Waals surface area contributed by atoms with Gasteiger partial charge in [0.05, 0.1) is 12.1 Å². The van der Waals surface area contributed by atoms with Gasteiger partial charge in [0.15, 0.2) is 5.13 Å². The smallest absolute Gasteiger partial charge is 0.181 e. The number of rotatable bonds is 2. The van der Waals surface area contributed by atoms with Gasteiger partial charge in [-0.1, -0.05) is 0 Å². The van der Waals surface area contributed by atoms with Crippen molar-refractivity contribution < 1.29 is 9.50 Å². The van der Waals surface area contributed by atoms with Gasteiger partial charge in [0.2, 0.25) is 0 Å². The Morgan fingerprint density at radius 1 is 1.73 bits per heavy atom. The van der Waals surface area contributed by atoms with E-state index in [4.69, 9.17) is 10.8 Å². The van der Waals surface area contributed by atoms with Crippen LogP contribution in [0.4, 0.5) is 4.39 Å². The third-order valence-corrected chi connectivity index (χ3v) is 2.24. The minimum atomic E-state index is -0.709. The molecule has 1 aromatic heterocycles. The topological polar surface area (TPSA) is 46.2 Å². The maximum Gasteiger partial charge on any atom is 0.181 e. The Labute approximate surface area is 68.5 Å². The van der Waals surface area contributed by atoms with E-state index in [0.717, 1.165) is 11.3 Å². The Balaban J connectivity index is 2.84. The highest BCUT2D eigenvalue weighted by Gasteiger charge is 2.16. The zero-order chi connectivity index (χ0) is 8.43. The van der Waals surface area contributed by atoms with Crippen LogP contribution in [-0.4, -0.2) is 11.2 Å². The van der Waals surface area contributed by atoms with Crippen LogP contribution >= 0.6 is 11.3 Å². The third kappa shape index (κ3) is 1.77. The molecular weight excluding hydrogens is 165 g/mol. The number of hydrogen-bond acceptors (Lipinski definition) is 3. The van der Waals surface area contributed by atoms with Crippen molar-refractivity contribution in [1.82, 2.24) is 0 Å². The van der Waals surface area contributed by atoms with Gasteiger partial charge in [0.25, 0.3) is 0 Å². The molecule has 2 atom stereocenters. The van der Waals surface area contributed by atoms with Gasteiger partial charge in [-0.3, -0.25) is 0 Å². The monoisotopic (exact) mass is 175 g/mol. The van der Waals surface area contributed by atoms with Gasteiger partial charge in [0.1, 0.15) is 0 Å². The summed E-state index contributed by atoms with van der Waals surface area (Å²) in [5, 5.41) is 10.3. The Hall–Kier alpha value is -0.450. The number of thiophene rings is 1. The highest BCUT2D eigenvalue weighted by atomic mass is 32.1. The predicted molar refractivity (Wildman–Crippen MR) is 42.9 cm³/mol. The molecule has 1 unspecified atom stereocenters. The normalized spacial score (nSPS) is 16.4. The summed E-state index contributed by atoms with van der Waals surface area (Å²) in [6.45, 7) is 1.54. The van der Waals surface area contributed by atoms with Gasteiger partial charge < -0.3 is 10.8 Å². The second-order valence-corrected chi connectivity index (χ2v) is 3.28. The van der Waals surface area contributed by atoms with Crippen molar-refractivity contribution in [1.29, 1.82) is 0 Å². The average Bonchev–Trinajstić information content (AvgIpc) is 2.33. The highest BCUT2D eigenvalue weighted by molar-refractivity contribution is 7.08. The lowest BCUT2D eigenvalue weighted by atomic mass is 10.1. The molecule has 0 saturated heterocycles. The van der Waals surface area contributed by atoms with E-state index in [-0.39, 0.29) is 5.13 Å². The lowest BCUT2D eigenvalue weighted by Crippen LogP contribution is -2.23. The standard InChI is InChI=1S/C7H10FNOS/c1-4(10)6(9)5-2-3-11-7(5)8/h2-4,6,10H,9H2,1H3/t4-,6?/m0/s1. The van der Waals surface area contributed by atoms with E-state index >= 15 is 0 Å². The fourth-order valence-corrected chi connectivity index (χ4v) is 1.48. The molecule has 0 fully saturated rings. The first-order valence-corrected chi connectivity index (χ1v) is 4.17. The molecule has 0 aliphatic carbocycles. The molecule has 0 aliphatic rings. The molecule has 62 valence electrons. The first kappa shape index (κ1) is 8.64. The molecule has 0 aliphatic heterocycles. The molecular formula is C7H10FNOS. The second kappa shape index (κ2) is 3.30. The molecule has 3 N–H and O–H groups in total. The van der Waals surface area contributed by atoms with Crippen molar-refractivity contribution in [2.45, 2.75) is 19.1 Å². The van der Waals surface area contributed by atoms with Gasteiger partial charge >= 0.3 is 0 Å². The summed E-state index contributed by atoms with van der Waals surface area (Å²) in [7, 11) is 0. The van der Waals surface area contributed by atoms with E-state index in [1.807, 2.05) is 0 Å². The Bertz CT molecular complexity index is 236. The lowest BCUT2D eigenvalue weighted by molar-refractivity contribution is 0.163. The molecule has 2 nitrogen and oxygen atoms in total. The molecule has 0 spiro atoms. The van der Waals surface area contributed by atoms with Crippen molar-refractivity contribution >= 4 is 11.3 Å². The third-order valence-electron chi connectivity index (χ3n) is 1.52. The zero-order valence-corrected chi connectivity index (χ0v) is 6.94. The first-order chi connectivity index (χ1) is 5.13. The fraction of sp³-hybridized carbons (Fsp3) is 0.429. The number of halogens is 1. The van der Waals surface area contributed by atoms with Crippen LogP contribution in [-0.2, 0) is 0 Å². The molecule has 0 saturated carbocycles. The highest BCUT2D eigenvalue weighted by Crippen LogP contribution is 2.21. The van der Waals surface area contributed by atoms with Crippen LogP contribution < -0.4 is 5.73 Å². The van der Waals surface area contributed by atoms with E-state index in [0.29, 0.717) is 5.56 Å². The number of nitrogens with two attached hydrogens (primary N) is 1. The number of aliphatic hydroxyl groups is 1. The molecule has 0 bridgehead atoms. The Morgan fingerprint density at radius 2 is 2.36 bits per heavy atom. The van der Waals surface area contributed by atoms with Crippen LogP contribution in [0, 0.1) is 5.13 Å². The van der Waals surface area contributed by atoms with Gasteiger partial charge in [-0.25, -0.2) is 0 Å². The van der Waals surface area contributed by atoms with E-state index in [9.17, 15) is 4.39 Å². The average molecular weight is 175 g/mol. The molecule has 1 heterocycles. The van der Waals surface area contributed by atoms with Gasteiger partial charge in [-0.05, 0) is 18.4 Å². The summed E-state index contributed by atoms with van der Waals surface area (Å²) in [6, 6.07) is 0.985. The molecule has 1 rings (SSSR count). The summed E-state index contributed by atoms with van der Waals surface area (Å²) < 4.78 is 12.8. The summed E-state index contributed by atoms with van der Waals surface area (Å²) >= 11 is 0.992. The van der Waals surface area contributed by atoms with Crippen molar-refractivity contribution in [2.24, 2.45) is 5.73 Å². The van der Waals surface area contributed by atoms with Crippen molar-refractivity contribution in [3.05, 3.63) is 22.1 Å². The van der Waals surface area contributed by atoms with Crippen LogP contribution in [0.3, 0.4) is 0 Å². The molecule has 1 aromatic rings. The summed E-state index contributed by atoms with van der Waals surface area (Å²) in [5.41, 5.74) is 5.89. The first-order valence-electron chi connectivity index (χ1n) is 3.29. The number of aliphatic hydroxyl groups excluding tert-OH is 1. The van der Waals surface area contributed by atoms with Crippen LogP contribution in [0.25, 0.3) is 0 Å². The molecule has 0 aromatic carbocycles. The largest absolute Gasteiger partial charge is 0.391 e. The predicted octanol–water partition coefficient (Wildman–Crippen LogP) is 1.27. The van der Waals surface area contributed by atoms with Gasteiger partial charge in [-0.2, -0.15) is 4.39 Å². The van der Waals surface area contributed by atoms with E-state index in [1.54, 1.807) is 18.4 Å². The Morgan fingerprint density at radius 3 is 2.73 bits per heavy atom. The minimum Gasteiger partial charge on any atom is -0.391 e. The maximum atomic E-state index is 12.8. The van der Waals surface area contributed by atoms with Crippen LogP contribution in [0.15, 0.2) is 11.4 Å². The molecule has 11 heavy (non-hydrogen) atoms. The SMILES string of the molecule is C[C@H](O)C(N)c1ccsc1F. The Kier molecular flexibility index (Phi) is 2.59. The number of hydrogen-bond donors (Lipinski definition) is 2. The molecule has 0 radical (unpaired) electrons. The summed E-state index contributed by atoms with van der Waals surface area (Å²) in [6.07, 6.45) is -0.709. The van der Waals surface area contributed by atoms with Crippen molar-refractivity contribution in [3.8, 4) is 0 Å². The molecule has 0 amide bonds. The van der Waals surface area contributed by atoms with Crippen molar-refractivity contribution in [3.63, 3.8) is 0 Å². The quantitative estimate of drug-likeness (QED) is 0.711. The maximum absolute atomic E-state index is 12.8. The fourth-order valence-electron chi connectivity index (χ4n) is 0.803. The minimum absolute atomic E-state index is 0.307. The second-order valence-electron chi connectivity index (χ2n) is 2.42. The summed E-state index contributed by atoms with van der Waals surface area (Å²) in [4.78, 5) is 0. The van der Waals surface area contributed by atoms with Crippen LogP contribution in [0.5, 0.6) is 0 Å². The van der Waals surface area contributed by atoms with E-state index < -0.39 is 12.1 Å². The van der Waals surface area contributed by atoms with E-state index in [2.05, 4.69) is 0 Å². The van der Waals surface area contributed by atoms with Gasteiger partial charge in [-0.15, -0.1) is 11.3 Å². The van der Waals surface area contributed by atoms with Crippen LogP contribution in [0.1, 0.15) is 18.5 Å². The lowest BCUT2D eigenvalue weighted by Gasteiger charge is -2.12. The van der Waals surface area contributed by atoms with Crippen LogP contribution in [0.2, 0.25) is 0 Å².